The monoisotopic (exact) mass is 278 g/mol. The van der Waals surface area contributed by atoms with Crippen molar-refractivity contribution in [1.82, 2.24) is 0 Å². The quantitative estimate of drug-likeness (QED) is 0.592. The Hall–Kier alpha value is -0.640. The van der Waals surface area contributed by atoms with E-state index in [2.05, 4.69) is 15.9 Å². The molecule has 0 amide bonds. The first kappa shape index (κ1) is 12.4. The first-order chi connectivity index (χ1) is 7.07. The molecule has 0 aromatic heterocycles. The van der Waals surface area contributed by atoms with Gasteiger partial charge in [-0.2, -0.15) is 4.39 Å². The van der Waals surface area contributed by atoms with Gasteiger partial charge in [0.2, 0.25) is 5.82 Å². The number of hydrogen-bond acceptors (Lipinski definition) is 1. The van der Waals surface area contributed by atoms with Crippen molar-refractivity contribution >= 4 is 15.9 Å². The number of ether oxygens (including phenoxy) is 1. The van der Waals surface area contributed by atoms with Crippen LogP contribution in [-0.2, 0) is 0 Å². The molecule has 0 saturated heterocycles. The van der Waals surface area contributed by atoms with Crippen LogP contribution in [-0.4, -0.2) is 6.61 Å². The van der Waals surface area contributed by atoms with Crippen LogP contribution >= 0.6 is 15.9 Å². The maximum absolute atomic E-state index is 13.3. The highest BCUT2D eigenvalue weighted by atomic mass is 79.9. The van der Waals surface area contributed by atoms with Gasteiger partial charge in [-0.25, -0.2) is 4.39 Å². The molecule has 0 radical (unpaired) electrons. The van der Waals surface area contributed by atoms with Gasteiger partial charge in [0.05, 0.1) is 6.61 Å². The van der Waals surface area contributed by atoms with Crippen LogP contribution in [0, 0.1) is 18.6 Å². The predicted octanol–water partition coefficient (Wildman–Crippen LogP) is 4.21. The van der Waals surface area contributed by atoms with Gasteiger partial charge in [0.1, 0.15) is 0 Å². The second kappa shape index (κ2) is 5.45. The Kier molecular flexibility index (Phi) is 4.51. The fourth-order valence-corrected chi connectivity index (χ4v) is 1.48. The first-order valence-electron chi connectivity index (χ1n) is 4.84. The number of unbranched alkanes of at least 4 members (excludes halogenated alkanes) is 1. The molecule has 0 unspecified atom stereocenters. The average molecular weight is 279 g/mol. The number of rotatable bonds is 4. The second-order valence-corrected chi connectivity index (χ2v) is 4.17. The van der Waals surface area contributed by atoms with E-state index >= 15 is 0 Å². The zero-order valence-electron chi connectivity index (χ0n) is 8.74. The Bertz CT molecular complexity index is 353. The lowest BCUT2D eigenvalue weighted by molar-refractivity contribution is 0.288. The van der Waals surface area contributed by atoms with E-state index in [1.807, 2.05) is 6.92 Å². The molecule has 1 rings (SSSR count). The fourth-order valence-electron chi connectivity index (χ4n) is 1.10. The predicted molar refractivity (Wildman–Crippen MR) is 59.2 cm³/mol. The second-order valence-electron chi connectivity index (χ2n) is 3.31. The summed E-state index contributed by atoms with van der Waals surface area (Å²) in [5, 5.41) is 0. The molecule has 15 heavy (non-hydrogen) atoms. The van der Waals surface area contributed by atoms with Gasteiger partial charge in [-0.1, -0.05) is 29.3 Å². The van der Waals surface area contributed by atoms with Gasteiger partial charge >= 0.3 is 0 Å². The van der Waals surface area contributed by atoms with E-state index in [-0.39, 0.29) is 11.3 Å². The summed E-state index contributed by atoms with van der Waals surface area (Å²) in [5.41, 5.74) is 0.260. The third-order valence-corrected chi connectivity index (χ3v) is 2.93. The maximum Gasteiger partial charge on any atom is 0.200 e. The minimum absolute atomic E-state index is 0.0292. The third kappa shape index (κ3) is 2.91. The molecule has 0 heterocycles. The molecule has 1 aromatic rings. The van der Waals surface area contributed by atoms with Crippen LogP contribution in [0.1, 0.15) is 25.3 Å². The molecule has 0 atom stereocenters. The lowest BCUT2D eigenvalue weighted by Gasteiger charge is -2.09. The van der Waals surface area contributed by atoms with Crippen LogP contribution in [0.3, 0.4) is 0 Å². The summed E-state index contributed by atoms with van der Waals surface area (Å²) in [6, 6.07) is 1.46. The Labute approximate surface area is 96.6 Å². The lowest BCUT2D eigenvalue weighted by atomic mass is 10.2. The molecular formula is C11H13BrF2O. The van der Waals surface area contributed by atoms with Crippen molar-refractivity contribution in [3.63, 3.8) is 0 Å². The van der Waals surface area contributed by atoms with Crippen LogP contribution in [0.2, 0.25) is 0 Å². The van der Waals surface area contributed by atoms with E-state index in [1.165, 1.54) is 13.0 Å². The molecule has 4 heteroatoms. The minimum Gasteiger partial charge on any atom is -0.490 e. The van der Waals surface area contributed by atoms with E-state index in [0.29, 0.717) is 11.1 Å². The molecule has 0 aliphatic heterocycles. The summed E-state index contributed by atoms with van der Waals surface area (Å²) in [6.45, 7) is 3.92. The van der Waals surface area contributed by atoms with E-state index < -0.39 is 11.6 Å². The van der Waals surface area contributed by atoms with Crippen molar-refractivity contribution in [1.29, 1.82) is 0 Å². The van der Waals surface area contributed by atoms with Gasteiger partial charge in [0, 0.05) is 10.0 Å². The Morgan fingerprint density at radius 3 is 2.60 bits per heavy atom. The van der Waals surface area contributed by atoms with Crippen LogP contribution < -0.4 is 4.74 Å². The normalized spacial score (nSPS) is 10.5. The summed E-state index contributed by atoms with van der Waals surface area (Å²) in [4.78, 5) is 0. The molecule has 1 nitrogen and oxygen atoms in total. The van der Waals surface area contributed by atoms with Crippen LogP contribution in [0.4, 0.5) is 8.78 Å². The SMILES string of the molecule is CCCCOc1cc(Br)c(C)c(F)c1F. The lowest BCUT2D eigenvalue weighted by Crippen LogP contribution is -2.01. The molecule has 0 N–H and O–H groups in total. The van der Waals surface area contributed by atoms with Gasteiger partial charge in [-0.05, 0) is 19.4 Å². The molecule has 0 bridgehead atoms. The van der Waals surface area contributed by atoms with Crippen molar-refractivity contribution < 1.29 is 13.5 Å². The highest BCUT2D eigenvalue weighted by Gasteiger charge is 2.15. The topological polar surface area (TPSA) is 9.23 Å². The molecule has 1 aromatic carbocycles. The largest absolute Gasteiger partial charge is 0.490 e. The minimum atomic E-state index is -0.910. The van der Waals surface area contributed by atoms with Gasteiger partial charge < -0.3 is 4.74 Å². The molecule has 0 aliphatic carbocycles. The fraction of sp³-hybridized carbons (Fsp3) is 0.455. The molecule has 0 spiro atoms. The maximum atomic E-state index is 13.3. The summed E-state index contributed by atoms with van der Waals surface area (Å²) in [5.74, 6) is -1.79. The smallest absolute Gasteiger partial charge is 0.200 e. The molecular weight excluding hydrogens is 266 g/mol. The Morgan fingerprint density at radius 2 is 2.00 bits per heavy atom. The zero-order chi connectivity index (χ0) is 11.4. The molecule has 0 aliphatic rings. The van der Waals surface area contributed by atoms with E-state index in [0.717, 1.165) is 12.8 Å². The van der Waals surface area contributed by atoms with E-state index in [1.54, 1.807) is 0 Å². The Balaban J connectivity index is 2.89. The third-order valence-electron chi connectivity index (χ3n) is 2.11. The molecule has 84 valence electrons. The number of halogens is 3. The molecule has 0 fully saturated rings. The zero-order valence-corrected chi connectivity index (χ0v) is 10.3. The summed E-state index contributed by atoms with van der Waals surface area (Å²) >= 11 is 3.15. The van der Waals surface area contributed by atoms with Gasteiger partial charge in [-0.15, -0.1) is 0 Å². The van der Waals surface area contributed by atoms with E-state index in [4.69, 9.17) is 4.74 Å². The van der Waals surface area contributed by atoms with Crippen LogP contribution in [0.25, 0.3) is 0 Å². The van der Waals surface area contributed by atoms with Crippen molar-refractivity contribution in [2.75, 3.05) is 6.61 Å². The van der Waals surface area contributed by atoms with Crippen molar-refractivity contribution in [2.24, 2.45) is 0 Å². The van der Waals surface area contributed by atoms with Crippen LogP contribution in [0.5, 0.6) is 5.75 Å². The van der Waals surface area contributed by atoms with Gasteiger partial charge in [-0.3, -0.25) is 0 Å². The van der Waals surface area contributed by atoms with Crippen molar-refractivity contribution in [3.8, 4) is 5.75 Å². The highest BCUT2D eigenvalue weighted by molar-refractivity contribution is 9.10. The van der Waals surface area contributed by atoms with Crippen molar-refractivity contribution in [2.45, 2.75) is 26.7 Å². The van der Waals surface area contributed by atoms with Crippen molar-refractivity contribution in [3.05, 3.63) is 27.7 Å². The van der Waals surface area contributed by atoms with Gasteiger partial charge in [0.15, 0.2) is 11.6 Å². The summed E-state index contributed by atoms with van der Waals surface area (Å²) < 4.78 is 32.3. The summed E-state index contributed by atoms with van der Waals surface area (Å²) in [6.07, 6.45) is 1.78. The first-order valence-corrected chi connectivity index (χ1v) is 5.64. The van der Waals surface area contributed by atoms with Crippen LogP contribution in [0.15, 0.2) is 10.5 Å². The average Bonchev–Trinajstić information content (AvgIpc) is 2.23. The van der Waals surface area contributed by atoms with Gasteiger partial charge in [0.25, 0.3) is 0 Å². The summed E-state index contributed by atoms with van der Waals surface area (Å²) in [7, 11) is 0. The van der Waals surface area contributed by atoms with E-state index in [9.17, 15) is 8.78 Å². The standard InChI is InChI=1S/C11H13BrF2O/c1-3-4-5-15-9-6-8(12)7(2)10(13)11(9)14/h6H,3-5H2,1-2H3. The highest BCUT2D eigenvalue weighted by Crippen LogP contribution is 2.29. The molecule has 0 saturated carbocycles. The number of hydrogen-bond donors (Lipinski definition) is 0. The number of benzene rings is 1. The Morgan fingerprint density at radius 1 is 1.33 bits per heavy atom.